The van der Waals surface area contributed by atoms with Gasteiger partial charge in [0.1, 0.15) is 0 Å². The number of ether oxygens (including phenoxy) is 1. The molecule has 0 radical (unpaired) electrons. The van der Waals surface area contributed by atoms with Gasteiger partial charge in [-0.1, -0.05) is 19.1 Å². The molecule has 0 aliphatic rings. The van der Waals surface area contributed by atoms with E-state index in [-0.39, 0.29) is 0 Å². The highest BCUT2D eigenvalue weighted by Crippen LogP contribution is 2.30. The van der Waals surface area contributed by atoms with Crippen molar-refractivity contribution in [3.05, 3.63) is 41.5 Å². The van der Waals surface area contributed by atoms with Gasteiger partial charge in [-0.05, 0) is 29.7 Å². The molecule has 0 heterocycles. The summed E-state index contributed by atoms with van der Waals surface area (Å²) in [6.07, 6.45) is -2.54. The predicted molar refractivity (Wildman–Crippen MR) is 61.7 cm³/mol. The lowest BCUT2D eigenvalue weighted by molar-refractivity contribution is -0.137. The predicted octanol–water partition coefficient (Wildman–Crippen LogP) is 3.67. The Balaban J connectivity index is 3.03. The Morgan fingerprint density at radius 1 is 1.28 bits per heavy atom. The lowest BCUT2D eigenvalue weighted by atomic mass is 10.0. The fourth-order valence-corrected chi connectivity index (χ4v) is 1.46. The molecule has 0 aliphatic heterocycles. The van der Waals surface area contributed by atoms with Crippen LogP contribution in [0.5, 0.6) is 0 Å². The number of rotatable bonds is 3. The molecular formula is C13H13F3O2. The van der Waals surface area contributed by atoms with Crippen LogP contribution in [-0.2, 0) is 15.7 Å². The van der Waals surface area contributed by atoms with Crippen molar-refractivity contribution in [2.24, 2.45) is 0 Å². The van der Waals surface area contributed by atoms with Gasteiger partial charge < -0.3 is 4.74 Å². The van der Waals surface area contributed by atoms with E-state index < -0.39 is 17.7 Å². The van der Waals surface area contributed by atoms with Crippen molar-refractivity contribution in [1.82, 2.24) is 0 Å². The van der Waals surface area contributed by atoms with Crippen LogP contribution in [-0.4, -0.2) is 13.1 Å². The number of allylic oxidation sites excluding steroid dienone is 1. The molecule has 1 aromatic rings. The normalized spacial score (nSPS) is 12.4. The molecule has 0 amide bonds. The van der Waals surface area contributed by atoms with Gasteiger partial charge in [0.15, 0.2) is 0 Å². The maximum atomic E-state index is 12.4. The topological polar surface area (TPSA) is 26.3 Å². The molecule has 5 heteroatoms. The first-order valence-corrected chi connectivity index (χ1v) is 5.34. The van der Waals surface area contributed by atoms with E-state index in [4.69, 9.17) is 0 Å². The number of hydrogen-bond donors (Lipinski definition) is 0. The van der Waals surface area contributed by atoms with Crippen molar-refractivity contribution in [2.45, 2.75) is 19.5 Å². The summed E-state index contributed by atoms with van der Waals surface area (Å²) in [5.74, 6) is -0.522. The molecule has 0 bridgehead atoms. The summed E-state index contributed by atoms with van der Waals surface area (Å²) in [4.78, 5) is 11.1. The molecule has 0 fully saturated rings. The van der Waals surface area contributed by atoms with Crippen molar-refractivity contribution in [2.75, 3.05) is 7.11 Å². The number of hydrogen-bond acceptors (Lipinski definition) is 2. The van der Waals surface area contributed by atoms with Gasteiger partial charge >= 0.3 is 12.1 Å². The quantitative estimate of drug-likeness (QED) is 0.610. The number of methoxy groups -OCH3 is 1. The van der Waals surface area contributed by atoms with E-state index in [0.717, 1.165) is 12.1 Å². The van der Waals surface area contributed by atoms with Crippen LogP contribution in [0.2, 0.25) is 0 Å². The third kappa shape index (κ3) is 3.61. The summed E-state index contributed by atoms with van der Waals surface area (Å²) in [6, 6.07) is 4.69. The molecule has 2 nitrogen and oxygen atoms in total. The van der Waals surface area contributed by atoms with Crippen LogP contribution in [0, 0.1) is 0 Å². The van der Waals surface area contributed by atoms with Crippen molar-refractivity contribution in [3.63, 3.8) is 0 Å². The summed E-state index contributed by atoms with van der Waals surface area (Å²) >= 11 is 0. The number of esters is 1. The Kier molecular flexibility index (Phi) is 4.53. The number of carbonyl (C=O) groups excluding carboxylic acids is 1. The smallest absolute Gasteiger partial charge is 0.416 e. The first kappa shape index (κ1) is 14.3. The van der Waals surface area contributed by atoms with Crippen LogP contribution in [0.4, 0.5) is 13.2 Å². The van der Waals surface area contributed by atoms with E-state index in [1.54, 1.807) is 0 Å². The molecular weight excluding hydrogens is 245 g/mol. The SMILES string of the molecule is CCC(=CC(=O)OC)c1ccc(C(F)(F)F)cc1. The monoisotopic (exact) mass is 258 g/mol. The maximum Gasteiger partial charge on any atom is 0.416 e. The van der Waals surface area contributed by atoms with Crippen molar-refractivity contribution >= 4 is 11.5 Å². The molecule has 18 heavy (non-hydrogen) atoms. The van der Waals surface area contributed by atoms with Gasteiger partial charge in [0.25, 0.3) is 0 Å². The van der Waals surface area contributed by atoms with Gasteiger partial charge in [0.2, 0.25) is 0 Å². The van der Waals surface area contributed by atoms with Gasteiger partial charge in [0.05, 0.1) is 12.7 Å². The molecule has 98 valence electrons. The Hall–Kier alpha value is -1.78. The van der Waals surface area contributed by atoms with Gasteiger partial charge in [0, 0.05) is 6.08 Å². The number of halogens is 3. The molecule has 0 saturated heterocycles. The summed E-state index contributed by atoms with van der Waals surface area (Å²) in [7, 11) is 1.25. The number of carbonyl (C=O) groups is 1. The van der Waals surface area contributed by atoms with E-state index in [9.17, 15) is 18.0 Å². The van der Waals surface area contributed by atoms with Crippen LogP contribution >= 0.6 is 0 Å². The zero-order chi connectivity index (χ0) is 13.8. The van der Waals surface area contributed by atoms with E-state index in [1.807, 2.05) is 6.92 Å². The average Bonchev–Trinajstić information content (AvgIpc) is 2.34. The Morgan fingerprint density at radius 2 is 1.83 bits per heavy atom. The van der Waals surface area contributed by atoms with Crippen molar-refractivity contribution in [3.8, 4) is 0 Å². The van der Waals surface area contributed by atoms with Crippen LogP contribution in [0.15, 0.2) is 30.3 Å². The minimum Gasteiger partial charge on any atom is -0.466 e. The first-order chi connectivity index (χ1) is 8.38. The Morgan fingerprint density at radius 3 is 2.22 bits per heavy atom. The zero-order valence-corrected chi connectivity index (χ0v) is 10.0. The molecule has 0 unspecified atom stereocenters. The minimum atomic E-state index is -4.35. The summed E-state index contributed by atoms with van der Waals surface area (Å²) in [6.45, 7) is 1.81. The third-order valence-corrected chi connectivity index (χ3v) is 2.46. The fourth-order valence-electron chi connectivity index (χ4n) is 1.46. The molecule has 0 saturated carbocycles. The van der Waals surface area contributed by atoms with Gasteiger partial charge in [-0.2, -0.15) is 13.2 Å². The lowest BCUT2D eigenvalue weighted by Gasteiger charge is -2.09. The highest BCUT2D eigenvalue weighted by atomic mass is 19.4. The molecule has 0 aromatic heterocycles. The van der Waals surface area contributed by atoms with Crippen molar-refractivity contribution in [1.29, 1.82) is 0 Å². The highest BCUT2D eigenvalue weighted by Gasteiger charge is 2.29. The average molecular weight is 258 g/mol. The van der Waals surface area contributed by atoms with Crippen LogP contribution < -0.4 is 0 Å². The second-order valence-corrected chi connectivity index (χ2v) is 3.62. The van der Waals surface area contributed by atoms with E-state index >= 15 is 0 Å². The van der Waals surface area contributed by atoms with Gasteiger partial charge in [-0.25, -0.2) is 4.79 Å². The van der Waals surface area contributed by atoms with E-state index in [0.29, 0.717) is 17.6 Å². The molecule has 0 N–H and O–H groups in total. The number of benzene rings is 1. The third-order valence-electron chi connectivity index (χ3n) is 2.46. The minimum absolute atomic E-state index is 0.522. The second kappa shape index (κ2) is 5.71. The Bertz CT molecular complexity index is 444. The lowest BCUT2D eigenvalue weighted by Crippen LogP contribution is -2.04. The molecule has 0 aliphatic carbocycles. The molecule has 0 spiro atoms. The maximum absolute atomic E-state index is 12.4. The standard InChI is InChI=1S/C13H13F3O2/c1-3-9(8-12(17)18-2)10-4-6-11(7-5-10)13(14,15)16/h4-8H,3H2,1-2H3. The summed E-state index contributed by atoms with van der Waals surface area (Å²) in [5.41, 5.74) is 0.506. The fraction of sp³-hybridized carbons (Fsp3) is 0.308. The first-order valence-electron chi connectivity index (χ1n) is 5.34. The highest BCUT2D eigenvalue weighted by molar-refractivity contribution is 5.91. The summed E-state index contributed by atoms with van der Waals surface area (Å²) < 4.78 is 41.6. The van der Waals surface area contributed by atoms with Gasteiger partial charge in [-0.3, -0.25) is 0 Å². The molecule has 0 atom stereocenters. The van der Waals surface area contributed by atoms with Gasteiger partial charge in [-0.15, -0.1) is 0 Å². The number of alkyl halides is 3. The van der Waals surface area contributed by atoms with E-state index in [2.05, 4.69) is 4.74 Å². The Labute approximate surface area is 103 Å². The molecule has 1 aromatic carbocycles. The summed E-state index contributed by atoms with van der Waals surface area (Å²) in [5, 5.41) is 0. The van der Waals surface area contributed by atoms with Crippen molar-refractivity contribution < 1.29 is 22.7 Å². The van der Waals surface area contributed by atoms with E-state index in [1.165, 1.54) is 25.3 Å². The van der Waals surface area contributed by atoms with Crippen LogP contribution in [0.3, 0.4) is 0 Å². The zero-order valence-electron chi connectivity index (χ0n) is 10.0. The van der Waals surface area contributed by atoms with Crippen LogP contribution in [0.1, 0.15) is 24.5 Å². The second-order valence-electron chi connectivity index (χ2n) is 3.62. The molecule has 1 rings (SSSR count). The van der Waals surface area contributed by atoms with Crippen LogP contribution in [0.25, 0.3) is 5.57 Å². The largest absolute Gasteiger partial charge is 0.466 e.